The fourth-order valence-corrected chi connectivity index (χ4v) is 2.61. The van der Waals surface area contributed by atoms with Crippen molar-refractivity contribution in [3.05, 3.63) is 29.3 Å². The second-order valence-corrected chi connectivity index (χ2v) is 6.81. The molecular weight excluding hydrogens is 338 g/mol. The minimum Gasteiger partial charge on any atom is -0.466 e. The lowest BCUT2D eigenvalue weighted by atomic mass is 10.1. The number of carbonyl (C=O) groups excluding carboxylic acids is 4. The van der Waals surface area contributed by atoms with Gasteiger partial charge in [0.15, 0.2) is 0 Å². The van der Waals surface area contributed by atoms with Crippen LogP contribution in [0.3, 0.4) is 0 Å². The van der Waals surface area contributed by atoms with E-state index in [1.165, 1.54) is 17.0 Å². The van der Waals surface area contributed by atoms with Gasteiger partial charge in [0, 0.05) is 17.8 Å². The molecule has 0 saturated heterocycles. The number of amides is 4. The molecule has 1 heterocycles. The Morgan fingerprint density at radius 2 is 1.77 bits per heavy atom. The van der Waals surface area contributed by atoms with Crippen molar-refractivity contribution in [2.75, 3.05) is 18.5 Å². The molecule has 0 radical (unpaired) electrons. The number of benzene rings is 1. The third kappa shape index (κ3) is 4.19. The fraction of sp³-hybridized carbons (Fsp3) is 0.444. The lowest BCUT2D eigenvalue weighted by molar-refractivity contribution is -0.142. The van der Waals surface area contributed by atoms with Crippen LogP contribution in [-0.2, 0) is 9.53 Å². The van der Waals surface area contributed by atoms with E-state index in [4.69, 9.17) is 4.74 Å². The molecule has 8 heteroatoms. The van der Waals surface area contributed by atoms with E-state index in [-0.39, 0.29) is 30.3 Å². The third-order valence-corrected chi connectivity index (χ3v) is 3.74. The van der Waals surface area contributed by atoms with Crippen LogP contribution < -0.4 is 10.6 Å². The number of urea groups is 1. The van der Waals surface area contributed by atoms with E-state index in [0.717, 1.165) is 0 Å². The summed E-state index contributed by atoms with van der Waals surface area (Å²) in [5.74, 6) is -1.12. The van der Waals surface area contributed by atoms with E-state index in [1.807, 2.05) is 0 Å². The van der Waals surface area contributed by atoms with Gasteiger partial charge in [-0.05, 0) is 45.9 Å². The first kappa shape index (κ1) is 19.4. The Balaban J connectivity index is 2.01. The van der Waals surface area contributed by atoms with Gasteiger partial charge in [0.1, 0.15) is 0 Å². The molecule has 140 valence electrons. The standard InChI is InChI=1S/C18H23N3O5/c1-5-26-14(22)8-9-19-17(25)20-11-6-7-12-13(10-11)16(24)21(15(12)23)18(2,3)4/h6-7,10H,5,8-9H2,1-4H3,(H2,19,20,25). The number of anilines is 1. The van der Waals surface area contributed by atoms with E-state index >= 15 is 0 Å². The summed E-state index contributed by atoms with van der Waals surface area (Å²) in [6.07, 6.45) is 0.0684. The third-order valence-electron chi connectivity index (χ3n) is 3.74. The zero-order valence-electron chi connectivity index (χ0n) is 15.3. The second-order valence-electron chi connectivity index (χ2n) is 6.81. The first-order chi connectivity index (χ1) is 12.1. The number of nitrogens with zero attached hydrogens (tertiary/aromatic N) is 1. The molecule has 2 N–H and O–H groups in total. The van der Waals surface area contributed by atoms with Gasteiger partial charge in [-0.25, -0.2) is 4.79 Å². The fourth-order valence-electron chi connectivity index (χ4n) is 2.61. The van der Waals surface area contributed by atoms with Gasteiger partial charge in [-0.3, -0.25) is 19.3 Å². The Bertz CT molecular complexity index is 752. The van der Waals surface area contributed by atoms with Crippen molar-refractivity contribution in [2.45, 2.75) is 39.7 Å². The van der Waals surface area contributed by atoms with Gasteiger partial charge in [0.2, 0.25) is 0 Å². The van der Waals surface area contributed by atoms with Gasteiger partial charge < -0.3 is 15.4 Å². The lowest BCUT2D eigenvalue weighted by Crippen LogP contribution is -2.45. The maximum absolute atomic E-state index is 12.5. The van der Waals surface area contributed by atoms with E-state index < -0.39 is 17.5 Å². The number of hydrogen-bond donors (Lipinski definition) is 2. The number of carbonyl (C=O) groups is 4. The highest BCUT2D eigenvalue weighted by Gasteiger charge is 2.41. The molecule has 4 amide bonds. The number of rotatable bonds is 5. The van der Waals surface area contributed by atoms with E-state index in [0.29, 0.717) is 17.9 Å². The van der Waals surface area contributed by atoms with E-state index in [1.54, 1.807) is 33.8 Å². The van der Waals surface area contributed by atoms with Crippen molar-refractivity contribution in [1.29, 1.82) is 0 Å². The lowest BCUT2D eigenvalue weighted by Gasteiger charge is -2.29. The summed E-state index contributed by atoms with van der Waals surface area (Å²) in [5.41, 5.74) is 0.326. The number of imide groups is 1. The number of hydrogen-bond acceptors (Lipinski definition) is 5. The summed E-state index contributed by atoms with van der Waals surface area (Å²) < 4.78 is 4.77. The van der Waals surface area contributed by atoms with Crippen LogP contribution in [0.5, 0.6) is 0 Å². The Morgan fingerprint density at radius 1 is 1.12 bits per heavy atom. The van der Waals surface area contributed by atoms with Crippen LogP contribution in [0.1, 0.15) is 54.8 Å². The highest BCUT2D eigenvalue weighted by molar-refractivity contribution is 6.22. The minimum atomic E-state index is -0.634. The molecule has 0 saturated carbocycles. The maximum atomic E-state index is 12.5. The number of fused-ring (bicyclic) bond motifs is 1. The van der Waals surface area contributed by atoms with Gasteiger partial charge in [-0.15, -0.1) is 0 Å². The molecule has 0 fully saturated rings. The van der Waals surface area contributed by atoms with Crippen molar-refractivity contribution in [3.8, 4) is 0 Å². The highest BCUT2D eigenvalue weighted by atomic mass is 16.5. The average molecular weight is 361 g/mol. The molecule has 26 heavy (non-hydrogen) atoms. The molecule has 1 aromatic carbocycles. The molecule has 0 spiro atoms. The molecule has 0 aliphatic carbocycles. The molecule has 8 nitrogen and oxygen atoms in total. The van der Waals surface area contributed by atoms with Gasteiger partial charge in [0.25, 0.3) is 11.8 Å². The monoisotopic (exact) mass is 361 g/mol. The Hall–Kier alpha value is -2.90. The van der Waals surface area contributed by atoms with Crippen molar-refractivity contribution < 1.29 is 23.9 Å². The predicted octanol–water partition coefficient (Wildman–Crippen LogP) is 2.16. The SMILES string of the molecule is CCOC(=O)CCNC(=O)Nc1ccc2c(c1)C(=O)N(C(C)(C)C)C2=O. The Morgan fingerprint density at radius 3 is 2.38 bits per heavy atom. The van der Waals surface area contributed by atoms with E-state index in [9.17, 15) is 19.2 Å². The van der Waals surface area contributed by atoms with Crippen LogP contribution in [0, 0.1) is 0 Å². The number of nitrogens with one attached hydrogen (secondary N) is 2. The number of ether oxygens (including phenoxy) is 1. The normalized spacial score (nSPS) is 13.5. The second kappa shape index (κ2) is 7.55. The largest absolute Gasteiger partial charge is 0.466 e. The predicted molar refractivity (Wildman–Crippen MR) is 95.0 cm³/mol. The van der Waals surface area contributed by atoms with Gasteiger partial charge >= 0.3 is 12.0 Å². The van der Waals surface area contributed by atoms with Gasteiger partial charge in [-0.2, -0.15) is 0 Å². The van der Waals surface area contributed by atoms with Crippen LogP contribution in [0.25, 0.3) is 0 Å². The Kier molecular flexibility index (Phi) is 5.64. The van der Waals surface area contributed by atoms with Crippen LogP contribution >= 0.6 is 0 Å². The summed E-state index contributed by atoms with van der Waals surface area (Å²) in [7, 11) is 0. The molecule has 0 atom stereocenters. The number of esters is 1. The smallest absolute Gasteiger partial charge is 0.319 e. The molecule has 0 unspecified atom stereocenters. The molecule has 1 aromatic rings. The molecule has 1 aliphatic rings. The minimum absolute atomic E-state index is 0.0684. The van der Waals surface area contributed by atoms with Crippen molar-refractivity contribution in [1.82, 2.24) is 10.2 Å². The summed E-state index contributed by atoms with van der Waals surface area (Å²) in [6.45, 7) is 7.47. The van der Waals surface area contributed by atoms with Gasteiger partial charge in [0.05, 0.1) is 24.2 Å². The molecule has 1 aliphatic heterocycles. The molecule has 2 rings (SSSR count). The quantitative estimate of drug-likeness (QED) is 0.618. The van der Waals surface area contributed by atoms with Crippen molar-refractivity contribution in [3.63, 3.8) is 0 Å². The zero-order valence-corrected chi connectivity index (χ0v) is 15.3. The molecule has 0 bridgehead atoms. The summed E-state index contributed by atoms with van der Waals surface area (Å²) in [5, 5.41) is 5.11. The summed E-state index contributed by atoms with van der Waals surface area (Å²) >= 11 is 0. The van der Waals surface area contributed by atoms with Crippen LogP contribution in [0.15, 0.2) is 18.2 Å². The van der Waals surface area contributed by atoms with Crippen LogP contribution in [0.2, 0.25) is 0 Å². The summed E-state index contributed by atoms with van der Waals surface area (Å²) in [4.78, 5) is 49.2. The van der Waals surface area contributed by atoms with Crippen molar-refractivity contribution >= 4 is 29.5 Å². The topological polar surface area (TPSA) is 105 Å². The first-order valence-corrected chi connectivity index (χ1v) is 8.38. The van der Waals surface area contributed by atoms with Crippen LogP contribution in [-0.4, -0.2) is 47.4 Å². The first-order valence-electron chi connectivity index (χ1n) is 8.38. The van der Waals surface area contributed by atoms with Crippen LogP contribution in [0.4, 0.5) is 10.5 Å². The Labute approximate surface area is 151 Å². The zero-order chi connectivity index (χ0) is 19.5. The molecular formula is C18H23N3O5. The maximum Gasteiger partial charge on any atom is 0.319 e. The summed E-state index contributed by atoms with van der Waals surface area (Å²) in [6, 6.07) is 4.04. The highest BCUT2D eigenvalue weighted by Crippen LogP contribution is 2.30. The average Bonchev–Trinajstić information content (AvgIpc) is 2.78. The van der Waals surface area contributed by atoms with E-state index in [2.05, 4.69) is 10.6 Å². The van der Waals surface area contributed by atoms with Gasteiger partial charge in [-0.1, -0.05) is 0 Å². The molecule has 0 aromatic heterocycles. The van der Waals surface area contributed by atoms with Crippen molar-refractivity contribution in [2.24, 2.45) is 0 Å².